The van der Waals surface area contributed by atoms with E-state index in [4.69, 9.17) is 4.74 Å². The third-order valence-electron chi connectivity index (χ3n) is 2.79. The highest BCUT2D eigenvalue weighted by Crippen LogP contribution is 2.41. The van der Waals surface area contributed by atoms with Gasteiger partial charge in [-0.1, -0.05) is 6.07 Å². The Bertz CT molecular complexity index is 422. The van der Waals surface area contributed by atoms with Gasteiger partial charge in [0.25, 0.3) is 0 Å². The Morgan fingerprint density at radius 3 is 2.24 bits per heavy atom. The van der Waals surface area contributed by atoms with E-state index in [9.17, 15) is 18.0 Å². The van der Waals surface area contributed by atoms with Gasteiger partial charge in [0.15, 0.2) is 6.29 Å². The van der Waals surface area contributed by atoms with Gasteiger partial charge in [0.1, 0.15) is 5.75 Å². The molecule has 0 aliphatic carbocycles. The molecule has 0 spiro atoms. The molecule has 1 rings (SSSR count). The van der Waals surface area contributed by atoms with Gasteiger partial charge in [-0.15, -0.1) is 0 Å². The van der Waals surface area contributed by atoms with E-state index < -0.39 is 11.6 Å². The summed E-state index contributed by atoms with van der Waals surface area (Å²) >= 11 is 0. The van der Waals surface area contributed by atoms with Crippen molar-refractivity contribution in [3.05, 3.63) is 29.3 Å². The average molecular weight is 246 g/mol. The highest BCUT2D eigenvalue weighted by atomic mass is 19.4. The number of halogens is 3. The molecule has 1 aromatic carbocycles. The molecule has 0 heterocycles. The van der Waals surface area contributed by atoms with Gasteiger partial charge in [0, 0.05) is 0 Å². The van der Waals surface area contributed by atoms with E-state index in [0.717, 1.165) is 13.8 Å². The van der Waals surface area contributed by atoms with Crippen LogP contribution in [-0.4, -0.2) is 19.6 Å². The fraction of sp³-hybridized carbons (Fsp3) is 0.417. The normalized spacial score (nSPS) is 12.4. The Hall–Kier alpha value is -1.52. The molecule has 5 heteroatoms. The Morgan fingerprint density at radius 2 is 1.82 bits per heavy atom. The van der Waals surface area contributed by atoms with Crippen molar-refractivity contribution >= 4 is 6.29 Å². The molecule has 94 valence electrons. The van der Waals surface area contributed by atoms with Crippen molar-refractivity contribution in [2.75, 3.05) is 7.11 Å². The lowest BCUT2D eigenvalue weighted by Gasteiger charge is -2.28. The van der Waals surface area contributed by atoms with Crippen molar-refractivity contribution in [3.63, 3.8) is 0 Å². The van der Waals surface area contributed by atoms with E-state index in [1.165, 1.54) is 25.3 Å². The number of methoxy groups -OCH3 is 1. The van der Waals surface area contributed by atoms with E-state index in [0.29, 0.717) is 6.29 Å². The summed E-state index contributed by atoms with van der Waals surface area (Å²) in [6.07, 6.45) is -3.89. The van der Waals surface area contributed by atoms with Crippen molar-refractivity contribution in [2.45, 2.75) is 25.4 Å². The van der Waals surface area contributed by atoms with Gasteiger partial charge < -0.3 is 4.74 Å². The summed E-state index contributed by atoms with van der Waals surface area (Å²) in [5.41, 5.74) is -1.85. The predicted octanol–water partition coefficient (Wildman–Crippen LogP) is 3.35. The molecular formula is C12H13F3O2. The summed E-state index contributed by atoms with van der Waals surface area (Å²) < 4.78 is 43.3. The molecular weight excluding hydrogens is 233 g/mol. The fourth-order valence-electron chi connectivity index (χ4n) is 1.38. The number of rotatable bonds is 3. The zero-order chi connectivity index (χ0) is 13.3. The standard InChI is InChI=1S/C12H13F3O2/c1-11(2,12(13,14)15)9-4-5-10(17-3)8(6-9)7-16/h4-7H,1-3H3. The Kier molecular flexibility index (Phi) is 3.50. The quantitative estimate of drug-likeness (QED) is 0.764. The summed E-state index contributed by atoms with van der Waals surface area (Å²) in [6, 6.07) is 3.89. The zero-order valence-corrected chi connectivity index (χ0v) is 9.76. The maximum Gasteiger partial charge on any atom is 0.397 e. The van der Waals surface area contributed by atoms with Gasteiger partial charge in [-0.05, 0) is 31.5 Å². The number of carbonyl (C=O) groups excluding carboxylic acids is 1. The third-order valence-corrected chi connectivity index (χ3v) is 2.79. The van der Waals surface area contributed by atoms with Crippen LogP contribution in [0.5, 0.6) is 5.75 Å². The summed E-state index contributed by atoms with van der Waals surface area (Å²) in [4.78, 5) is 10.8. The van der Waals surface area contributed by atoms with Gasteiger partial charge in [0.05, 0.1) is 18.1 Å². The van der Waals surface area contributed by atoms with Gasteiger partial charge >= 0.3 is 6.18 Å². The number of alkyl halides is 3. The van der Waals surface area contributed by atoms with Crippen LogP contribution in [0.25, 0.3) is 0 Å². The van der Waals surface area contributed by atoms with Crippen molar-refractivity contribution in [3.8, 4) is 5.75 Å². The van der Waals surface area contributed by atoms with Gasteiger partial charge in [-0.3, -0.25) is 4.79 Å². The molecule has 0 bridgehead atoms. The van der Waals surface area contributed by atoms with Crippen molar-refractivity contribution in [1.82, 2.24) is 0 Å². The van der Waals surface area contributed by atoms with Crippen LogP contribution in [0.3, 0.4) is 0 Å². The molecule has 0 fully saturated rings. The van der Waals surface area contributed by atoms with Crippen LogP contribution >= 0.6 is 0 Å². The number of aldehydes is 1. The topological polar surface area (TPSA) is 26.3 Å². The van der Waals surface area contributed by atoms with Crippen molar-refractivity contribution in [1.29, 1.82) is 0 Å². The number of ether oxygens (including phenoxy) is 1. The van der Waals surface area contributed by atoms with Crippen molar-refractivity contribution < 1.29 is 22.7 Å². The largest absolute Gasteiger partial charge is 0.496 e. The second-order valence-electron chi connectivity index (χ2n) is 4.20. The number of carbonyl (C=O) groups is 1. The average Bonchev–Trinajstić information content (AvgIpc) is 2.26. The number of benzene rings is 1. The van der Waals surface area contributed by atoms with Crippen LogP contribution in [0.2, 0.25) is 0 Å². The lowest BCUT2D eigenvalue weighted by Crippen LogP contribution is -2.36. The molecule has 0 N–H and O–H groups in total. The van der Waals surface area contributed by atoms with Gasteiger partial charge in [0.2, 0.25) is 0 Å². The van der Waals surface area contributed by atoms with Crippen LogP contribution < -0.4 is 4.74 Å². The molecule has 1 aromatic rings. The second kappa shape index (κ2) is 4.39. The number of hydrogen-bond donors (Lipinski definition) is 0. The molecule has 0 atom stereocenters. The van der Waals surface area contributed by atoms with E-state index in [1.54, 1.807) is 0 Å². The van der Waals surface area contributed by atoms with Crippen LogP contribution in [-0.2, 0) is 5.41 Å². The summed E-state index contributed by atoms with van der Waals surface area (Å²) in [6.45, 7) is 2.15. The second-order valence-corrected chi connectivity index (χ2v) is 4.20. The maximum absolute atomic E-state index is 12.8. The minimum Gasteiger partial charge on any atom is -0.496 e. The highest BCUT2D eigenvalue weighted by molar-refractivity contribution is 5.79. The van der Waals surface area contributed by atoms with Crippen molar-refractivity contribution in [2.24, 2.45) is 0 Å². The molecule has 0 aromatic heterocycles. The summed E-state index contributed by atoms with van der Waals surface area (Å²) in [7, 11) is 1.36. The Labute approximate surface area is 97.4 Å². The minimum atomic E-state index is -4.37. The number of hydrogen-bond acceptors (Lipinski definition) is 2. The predicted molar refractivity (Wildman–Crippen MR) is 57.5 cm³/mol. The third kappa shape index (κ3) is 2.43. The van der Waals surface area contributed by atoms with Gasteiger partial charge in [-0.2, -0.15) is 13.2 Å². The Balaban J connectivity index is 3.30. The summed E-state index contributed by atoms with van der Waals surface area (Å²) in [5.74, 6) is 0.265. The highest BCUT2D eigenvalue weighted by Gasteiger charge is 2.48. The monoisotopic (exact) mass is 246 g/mol. The van der Waals surface area contributed by atoms with Gasteiger partial charge in [-0.25, -0.2) is 0 Å². The first-order valence-corrected chi connectivity index (χ1v) is 4.94. The molecule has 0 saturated heterocycles. The van der Waals surface area contributed by atoms with Crippen LogP contribution in [0, 0.1) is 0 Å². The molecule has 2 nitrogen and oxygen atoms in total. The lowest BCUT2D eigenvalue weighted by atomic mass is 9.83. The molecule has 0 unspecified atom stereocenters. The van der Waals surface area contributed by atoms with Crippen LogP contribution in [0.1, 0.15) is 29.8 Å². The molecule has 0 radical (unpaired) electrons. The fourth-order valence-corrected chi connectivity index (χ4v) is 1.38. The smallest absolute Gasteiger partial charge is 0.397 e. The molecule has 0 saturated carbocycles. The lowest BCUT2D eigenvalue weighted by molar-refractivity contribution is -0.180. The molecule has 0 aliphatic heterocycles. The van der Waals surface area contributed by atoms with E-state index in [-0.39, 0.29) is 16.9 Å². The maximum atomic E-state index is 12.8. The SMILES string of the molecule is COc1ccc(C(C)(C)C(F)(F)F)cc1C=O. The molecule has 17 heavy (non-hydrogen) atoms. The molecule has 0 amide bonds. The summed E-state index contributed by atoms with van der Waals surface area (Å²) in [5, 5.41) is 0. The van der Waals surface area contributed by atoms with E-state index in [2.05, 4.69) is 0 Å². The first-order valence-electron chi connectivity index (χ1n) is 4.94. The van der Waals surface area contributed by atoms with E-state index >= 15 is 0 Å². The van der Waals surface area contributed by atoms with Crippen LogP contribution in [0.15, 0.2) is 18.2 Å². The zero-order valence-electron chi connectivity index (χ0n) is 9.76. The first kappa shape index (κ1) is 13.5. The van der Waals surface area contributed by atoms with Crippen LogP contribution in [0.4, 0.5) is 13.2 Å². The van der Waals surface area contributed by atoms with E-state index in [1.807, 2.05) is 0 Å². The Morgan fingerprint density at radius 1 is 1.24 bits per heavy atom. The first-order chi connectivity index (χ1) is 7.74. The molecule has 0 aliphatic rings. The minimum absolute atomic E-state index is 0.0351.